The molecule has 0 aliphatic carbocycles. The van der Waals surface area contributed by atoms with Crippen molar-refractivity contribution in [1.82, 2.24) is 0 Å². The molecule has 0 aromatic rings. The summed E-state index contributed by atoms with van der Waals surface area (Å²) in [6, 6.07) is 0. The van der Waals surface area contributed by atoms with Crippen molar-refractivity contribution < 1.29 is 62.6 Å². The number of carbonyl (C=O) groups is 1. The van der Waals surface area contributed by atoms with Gasteiger partial charge in [0.1, 0.15) is 0 Å². The topological polar surface area (TPSA) is 37.3 Å². The van der Waals surface area contributed by atoms with Gasteiger partial charge in [-0.25, -0.2) is 26.7 Å². The van der Waals surface area contributed by atoms with Crippen LogP contribution in [0.25, 0.3) is 0 Å². The van der Waals surface area contributed by atoms with E-state index in [4.69, 9.17) is 5.11 Å². The Hall–Kier alpha value is -1.63. The molecule has 3 unspecified atom stereocenters. The summed E-state index contributed by atoms with van der Waals surface area (Å²) in [5, 5.41) is 7.60. The fourth-order valence-corrected chi connectivity index (χ4v) is 0.863. The van der Waals surface area contributed by atoms with E-state index in [2.05, 4.69) is 6.58 Å². The van der Waals surface area contributed by atoms with Crippen molar-refractivity contribution >= 4 is 5.97 Å². The van der Waals surface area contributed by atoms with Crippen LogP contribution in [-0.4, -0.2) is 54.0 Å². The molecule has 14 heteroatoms. The quantitative estimate of drug-likeness (QED) is 0.543. The van der Waals surface area contributed by atoms with Crippen LogP contribution in [-0.2, 0) is 4.79 Å². The van der Waals surface area contributed by atoms with E-state index >= 15 is 0 Å². The lowest BCUT2D eigenvalue weighted by Gasteiger charge is -2.32. The van der Waals surface area contributed by atoms with Crippen molar-refractivity contribution in [3.05, 3.63) is 12.7 Å². The Balaban J connectivity index is 0. The SMILES string of the molecule is C=CC(=O)O.FC(F)C(F)C(F)C(F)C(F)(F)C(F)(F)C(F)(F)F. The number of halogens is 12. The van der Waals surface area contributed by atoms with E-state index in [1.54, 1.807) is 0 Å². The van der Waals surface area contributed by atoms with Crippen molar-refractivity contribution in [2.75, 3.05) is 0 Å². The predicted molar refractivity (Wildman–Crippen MR) is 54.5 cm³/mol. The van der Waals surface area contributed by atoms with Crippen molar-refractivity contribution in [3.63, 3.8) is 0 Å². The highest BCUT2D eigenvalue weighted by Gasteiger charge is 2.77. The van der Waals surface area contributed by atoms with E-state index in [0.717, 1.165) is 6.08 Å². The number of alkyl halides is 12. The second kappa shape index (κ2) is 8.46. The summed E-state index contributed by atoms with van der Waals surface area (Å²) >= 11 is 0. The molecule has 0 heterocycles. The molecule has 0 saturated carbocycles. The van der Waals surface area contributed by atoms with E-state index < -0.39 is 48.9 Å². The Kier molecular flexibility index (Phi) is 8.68. The number of carboxylic acid groups (broad SMARTS) is 1. The van der Waals surface area contributed by atoms with Gasteiger partial charge in [0.05, 0.1) is 0 Å². The minimum atomic E-state index is -7.05. The predicted octanol–water partition coefficient (Wildman–Crippen LogP) is 4.36. The molecule has 0 aromatic heterocycles. The second-order valence-electron chi connectivity index (χ2n) is 3.86. The summed E-state index contributed by atoms with van der Waals surface area (Å²) in [7, 11) is 0. The lowest BCUT2D eigenvalue weighted by molar-refractivity contribution is -0.370. The van der Waals surface area contributed by atoms with E-state index in [1.807, 2.05) is 0 Å². The lowest BCUT2D eigenvalue weighted by Crippen LogP contribution is -2.60. The third-order valence-corrected chi connectivity index (χ3v) is 2.12. The van der Waals surface area contributed by atoms with Crippen LogP contribution in [0.3, 0.4) is 0 Å². The van der Waals surface area contributed by atoms with Gasteiger partial charge in [-0.3, -0.25) is 0 Å². The van der Waals surface area contributed by atoms with Crippen LogP contribution >= 0.6 is 0 Å². The maximum atomic E-state index is 12.5. The molecule has 0 aromatic carbocycles. The molecule has 0 radical (unpaired) electrons. The molecule has 0 saturated heterocycles. The first kappa shape index (κ1) is 24.6. The van der Waals surface area contributed by atoms with Gasteiger partial charge in [0.25, 0.3) is 6.43 Å². The largest absolute Gasteiger partial charge is 0.478 e. The Morgan fingerprint density at radius 2 is 1.21 bits per heavy atom. The molecule has 0 spiro atoms. The summed E-state index contributed by atoms with van der Waals surface area (Å²) < 4.78 is 144. The monoisotopic (exact) mass is 388 g/mol. The average molecular weight is 388 g/mol. The first-order valence-electron chi connectivity index (χ1n) is 5.33. The maximum Gasteiger partial charge on any atom is 0.459 e. The van der Waals surface area contributed by atoms with Gasteiger partial charge in [0.15, 0.2) is 12.3 Å². The van der Waals surface area contributed by atoms with Crippen molar-refractivity contribution in [3.8, 4) is 0 Å². The van der Waals surface area contributed by atoms with E-state index in [9.17, 15) is 57.5 Å². The Morgan fingerprint density at radius 1 is 0.875 bits per heavy atom. The Morgan fingerprint density at radius 3 is 1.42 bits per heavy atom. The second-order valence-corrected chi connectivity index (χ2v) is 3.86. The fraction of sp³-hybridized carbons (Fsp3) is 0.700. The molecular formula is C10H8F12O2. The number of carboxylic acids is 1. The zero-order chi connectivity index (χ0) is 20.1. The molecule has 0 aliphatic heterocycles. The smallest absolute Gasteiger partial charge is 0.459 e. The van der Waals surface area contributed by atoms with Gasteiger partial charge >= 0.3 is 24.0 Å². The Bertz CT molecular complexity index is 419. The van der Waals surface area contributed by atoms with Gasteiger partial charge < -0.3 is 5.11 Å². The molecule has 3 atom stereocenters. The summed E-state index contributed by atoms with van der Waals surface area (Å²) in [6.07, 6.45) is -24.4. The third kappa shape index (κ3) is 5.78. The highest BCUT2D eigenvalue weighted by molar-refractivity contribution is 5.78. The highest BCUT2D eigenvalue weighted by atomic mass is 19.4. The van der Waals surface area contributed by atoms with E-state index in [1.165, 1.54) is 0 Å². The van der Waals surface area contributed by atoms with Gasteiger partial charge in [-0.15, -0.1) is 0 Å². The van der Waals surface area contributed by atoms with Gasteiger partial charge in [0, 0.05) is 6.08 Å². The van der Waals surface area contributed by atoms with Gasteiger partial charge in [-0.1, -0.05) is 6.58 Å². The van der Waals surface area contributed by atoms with Crippen molar-refractivity contribution in [2.24, 2.45) is 0 Å². The van der Waals surface area contributed by atoms with Crippen molar-refractivity contribution in [2.45, 2.75) is 43.0 Å². The molecule has 0 aliphatic rings. The molecule has 2 nitrogen and oxygen atoms in total. The summed E-state index contributed by atoms with van der Waals surface area (Å²) in [5.41, 5.74) is 0. The van der Waals surface area contributed by atoms with Crippen LogP contribution in [0.4, 0.5) is 52.7 Å². The van der Waals surface area contributed by atoms with Crippen LogP contribution < -0.4 is 0 Å². The molecule has 144 valence electrons. The summed E-state index contributed by atoms with van der Waals surface area (Å²) in [6.45, 7) is 2.96. The van der Waals surface area contributed by atoms with Gasteiger partial charge in [0.2, 0.25) is 6.17 Å². The number of aliphatic carboxylic acids is 1. The average Bonchev–Trinajstić information content (AvgIpc) is 2.43. The number of rotatable bonds is 6. The van der Waals surface area contributed by atoms with Crippen molar-refractivity contribution in [1.29, 1.82) is 0 Å². The molecular weight excluding hydrogens is 380 g/mol. The van der Waals surface area contributed by atoms with Crippen LogP contribution in [0.5, 0.6) is 0 Å². The first-order chi connectivity index (χ1) is 10.4. The van der Waals surface area contributed by atoms with Gasteiger partial charge in [-0.05, 0) is 0 Å². The zero-order valence-corrected chi connectivity index (χ0v) is 11.0. The molecule has 0 bridgehead atoms. The Labute approximate surface area is 125 Å². The third-order valence-electron chi connectivity index (χ3n) is 2.12. The van der Waals surface area contributed by atoms with Crippen LogP contribution in [0, 0.1) is 0 Å². The fourth-order valence-electron chi connectivity index (χ4n) is 0.863. The molecule has 0 amide bonds. The van der Waals surface area contributed by atoms with Crippen LogP contribution in [0.1, 0.15) is 0 Å². The molecule has 24 heavy (non-hydrogen) atoms. The van der Waals surface area contributed by atoms with E-state index in [-0.39, 0.29) is 0 Å². The standard InChI is InChI=1S/C7H4F12.C3H4O2/c8-1(2(9)4(11)12)3(10)5(13,14)6(15,16)7(17,18)19;1-2-3(4)5/h1-4H;2H,1H2,(H,4,5). The van der Waals surface area contributed by atoms with E-state index in [0.29, 0.717) is 0 Å². The van der Waals surface area contributed by atoms with Crippen LogP contribution in [0.2, 0.25) is 0 Å². The number of hydrogen-bond acceptors (Lipinski definition) is 1. The molecule has 0 rings (SSSR count). The minimum Gasteiger partial charge on any atom is -0.478 e. The normalized spacial score (nSPS) is 16.7. The van der Waals surface area contributed by atoms with Crippen LogP contribution in [0.15, 0.2) is 12.7 Å². The minimum absolute atomic E-state index is 0.833. The lowest BCUT2D eigenvalue weighted by atomic mass is 10.00. The maximum absolute atomic E-state index is 12.5. The highest BCUT2D eigenvalue weighted by Crippen LogP contribution is 2.50. The number of hydrogen-bond donors (Lipinski definition) is 1. The molecule has 1 N–H and O–H groups in total. The molecule has 0 fully saturated rings. The first-order valence-corrected chi connectivity index (χ1v) is 5.33. The summed E-state index contributed by atoms with van der Waals surface area (Å²) in [4.78, 5) is 9.25. The zero-order valence-electron chi connectivity index (χ0n) is 11.0. The summed E-state index contributed by atoms with van der Waals surface area (Å²) in [5.74, 6) is -14.8. The van der Waals surface area contributed by atoms with Gasteiger partial charge in [-0.2, -0.15) is 30.7 Å².